The maximum absolute atomic E-state index is 11.7. The number of nitrogens with one attached hydrogen (secondary N) is 2. The van der Waals surface area contributed by atoms with Gasteiger partial charge in [0.1, 0.15) is 5.82 Å². The summed E-state index contributed by atoms with van der Waals surface area (Å²) in [5.41, 5.74) is 11.0. The van der Waals surface area contributed by atoms with Gasteiger partial charge < -0.3 is 4.57 Å². The van der Waals surface area contributed by atoms with Crippen molar-refractivity contribution in [2.75, 3.05) is 0 Å². The third-order valence-electron chi connectivity index (χ3n) is 7.39. The van der Waals surface area contributed by atoms with Crippen molar-refractivity contribution in [1.29, 1.82) is 0 Å². The number of aromatic nitrogens is 6. The summed E-state index contributed by atoms with van der Waals surface area (Å²) in [5.74, 6) is 2.29. The number of H-pyrrole nitrogens is 1. The summed E-state index contributed by atoms with van der Waals surface area (Å²) in [6, 6.07) is 23.1. The second kappa shape index (κ2) is 9.02. The van der Waals surface area contributed by atoms with E-state index < -0.39 is 0 Å². The van der Waals surface area contributed by atoms with Gasteiger partial charge in [-0.3, -0.25) is 4.79 Å². The summed E-state index contributed by atoms with van der Waals surface area (Å²) in [7, 11) is 0. The van der Waals surface area contributed by atoms with Crippen LogP contribution in [0, 0.1) is 5.92 Å². The van der Waals surface area contributed by atoms with Gasteiger partial charge in [0.2, 0.25) is 11.7 Å². The SMILES string of the molecule is CC1CC(=O)NN=C1c1ccc2c(c1)nc(C1CC1)n2Cc1ccc(-c2ccccc2-c2nn[nH]n2)cc1. The van der Waals surface area contributed by atoms with Crippen LogP contribution in [0.5, 0.6) is 0 Å². The molecular formula is C29H26N8O. The standard InChI is InChI=1S/C29H26N8O/c1-17-14-26(38)31-32-27(17)21-12-13-25-24(15-21)30-29(20-10-11-20)37(25)16-18-6-8-19(9-7-18)22-4-2-3-5-23(22)28-33-35-36-34-28/h2-9,12-13,15,17,20H,10-11,14,16H2,1H3,(H,31,38)(H,33,34,35,36). The Morgan fingerprint density at radius 3 is 2.50 bits per heavy atom. The Labute approximate surface area is 219 Å². The second-order valence-electron chi connectivity index (χ2n) is 10.1. The molecule has 2 aromatic heterocycles. The Hall–Kier alpha value is -4.66. The molecule has 1 fully saturated rings. The van der Waals surface area contributed by atoms with Crippen LogP contribution < -0.4 is 5.43 Å². The summed E-state index contributed by atoms with van der Waals surface area (Å²) in [5, 5.41) is 18.9. The number of carbonyl (C=O) groups is 1. The average Bonchev–Trinajstić information content (AvgIpc) is 3.51. The maximum atomic E-state index is 11.7. The zero-order valence-corrected chi connectivity index (χ0v) is 20.9. The summed E-state index contributed by atoms with van der Waals surface area (Å²) in [6.45, 7) is 2.79. The van der Waals surface area contributed by atoms with E-state index in [9.17, 15) is 4.79 Å². The van der Waals surface area contributed by atoms with E-state index in [1.165, 1.54) is 18.4 Å². The number of nitrogens with zero attached hydrogens (tertiary/aromatic N) is 6. The van der Waals surface area contributed by atoms with Gasteiger partial charge in [-0.05, 0) is 46.9 Å². The zero-order chi connectivity index (χ0) is 25.6. The number of hydrogen-bond donors (Lipinski definition) is 2. The molecule has 2 aliphatic rings. The lowest BCUT2D eigenvalue weighted by Crippen LogP contribution is -2.31. The molecule has 1 saturated carbocycles. The van der Waals surface area contributed by atoms with Crippen LogP contribution in [-0.2, 0) is 11.3 Å². The first-order valence-electron chi connectivity index (χ1n) is 12.9. The molecule has 1 aliphatic carbocycles. The first-order valence-corrected chi connectivity index (χ1v) is 12.9. The van der Waals surface area contributed by atoms with E-state index in [0.29, 0.717) is 18.2 Å². The molecule has 0 spiro atoms. The van der Waals surface area contributed by atoms with Crippen LogP contribution >= 0.6 is 0 Å². The molecule has 9 nitrogen and oxygen atoms in total. The van der Waals surface area contributed by atoms with Crippen molar-refractivity contribution in [2.24, 2.45) is 11.0 Å². The molecule has 2 N–H and O–H groups in total. The van der Waals surface area contributed by atoms with E-state index in [0.717, 1.165) is 51.4 Å². The Morgan fingerprint density at radius 1 is 0.974 bits per heavy atom. The Balaban J connectivity index is 1.21. The van der Waals surface area contributed by atoms with Crippen LogP contribution in [0.4, 0.5) is 0 Å². The Kier molecular flexibility index (Phi) is 5.35. The molecule has 3 aromatic carbocycles. The lowest BCUT2D eigenvalue weighted by molar-refractivity contribution is -0.121. The monoisotopic (exact) mass is 502 g/mol. The molecule has 188 valence electrons. The fraction of sp³-hybridized carbons (Fsp3) is 0.241. The molecule has 1 atom stereocenters. The predicted octanol–water partition coefficient (Wildman–Crippen LogP) is 4.67. The van der Waals surface area contributed by atoms with E-state index in [4.69, 9.17) is 4.98 Å². The maximum Gasteiger partial charge on any atom is 0.240 e. The number of fused-ring (bicyclic) bond motifs is 1. The van der Waals surface area contributed by atoms with Crippen molar-refractivity contribution in [3.05, 3.63) is 83.7 Å². The lowest BCUT2D eigenvalue weighted by Gasteiger charge is -2.19. The molecule has 5 aromatic rings. The van der Waals surface area contributed by atoms with Gasteiger partial charge in [0, 0.05) is 35.9 Å². The fourth-order valence-corrected chi connectivity index (χ4v) is 5.31. The quantitative estimate of drug-likeness (QED) is 0.350. The minimum Gasteiger partial charge on any atom is -0.323 e. The molecule has 1 unspecified atom stereocenters. The third kappa shape index (κ3) is 4.06. The number of benzene rings is 3. The Bertz CT molecular complexity index is 1680. The lowest BCUT2D eigenvalue weighted by atomic mass is 9.94. The molecule has 0 radical (unpaired) electrons. The zero-order valence-electron chi connectivity index (χ0n) is 20.9. The minimum absolute atomic E-state index is 0.0352. The summed E-state index contributed by atoms with van der Waals surface area (Å²) in [6.07, 6.45) is 2.81. The number of aromatic amines is 1. The summed E-state index contributed by atoms with van der Waals surface area (Å²) < 4.78 is 2.35. The fourth-order valence-electron chi connectivity index (χ4n) is 5.31. The number of tetrazole rings is 1. The number of amides is 1. The Morgan fingerprint density at radius 2 is 1.76 bits per heavy atom. The highest BCUT2D eigenvalue weighted by Gasteiger charge is 2.30. The van der Waals surface area contributed by atoms with Crippen molar-refractivity contribution in [3.8, 4) is 22.5 Å². The van der Waals surface area contributed by atoms with E-state index in [1.807, 2.05) is 25.1 Å². The number of rotatable bonds is 6. The smallest absolute Gasteiger partial charge is 0.240 e. The number of hydrazone groups is 1. The van der Waals surface area contributed by atoms with Gasteiger partial charge in [-0.1, -0.05) is 61.5 Å². The van der Waals surface area contributed by atoms with Gasteiger partial charge in [0.05, 0.1) is 16.7 Å². The molecule has 1 amide bonds. The number of carbonyl (C=O) groups excluding carboxylic acids is 1. The van der Waals surface area contributed by atoms with Crippen LogP contribution in [0.1, 0.15) is 49.1 Å². The first kappa shape index (κ1) is 22.5. The van der Waals surface area contributed by atoms with E-state index in [2.05, 4.69) is 84.2 Å². The van der Waals surface area contributed by atoms with Gasteiger partial charge in [-0.2, -0.15) is 10.3 Å². The van der Waals surface area contributed by atoms with Crippen LogP contribution in [0.3, 0.4) is 0 Å². The van der Waals surface area contributed by atoms with Crippen LogP contribution in [0.25, 0.3) is 33.5 Å². The van der Waals surface area contributed by atoms with Crippen LogP contribution in [-0.4, -0.2) is 41.8 Å². The van der Waals surface area contributed by atoms with Crippen molar-refractivity contribution in [2.45, 2.75) is 38.6 Å². The van der Waals surface area contributed by atoms with E-state index in [1.54, 1.807) is 0 Å². The summed E-state index contributed by atoms with van der Waals surface area (Å²) >= 11 is 0. The topological polar surface area (TPSA) is 114 Å². The minimum atomic E-state index is -0.0352. The van der Waals surface area contributed by atoms with E-state index in [-0.39, 0.29) is 11.8 Å². The molecular weight excluding hydrogens is 476 g/mol. The summed E-state index contributed by atoms with van der Waals surface area (Å²) in [4.78, 5) is 16.8. The highest BCUT2D eigenvalue weighted by molar-refractivity contribution is 6.07. The molecule has 1 aliphatic heterocycles. The van der Waals surface area contributed by atoms with Crippen molar-refractivity contribution in [3.63, 3.8) is 0 Å². The van der Waals surface area contributed by atoms with Crippen LogP contribution in [0.2, 0.25) is 0 Å². The number of hydrogen-bond acceptors (Lipinski definition) is 6. The van der Waals surface area contributed by atoms with E-state index >= 15 is 0 Å². The highest BCUT2D eigenvalue weighted by atomic mass is 16.2. The third-order valence-corrected chi connectivity index (χ3v) is 7.39. The highest BCUT2D eigenvalue weighted by Crippen LogP contribution is 2.41. The van der Waals surface area contributed by atoms with Gasteiger partial charge in [-0.25, -0.2) is 10.4 Å². The molecule has 3 heterocycles. The normalized spacial score (nSPS) is 17.4. The van der Waals surface area contributed by atoms with Crippen molar-refractivity contribution in [1.82, 2.24) is 35.6 Å². The molecule has 9 heteroatoms. The average molecular weight is 503 g/mol. The largest absolute Gasteiger partial charge is 0.323 e. The molecule has 38 heavy (non-hydrogen) atoms. The predicted molar refractivity (Wildman–Crippen MR) is 144 cm³/mol. The van der Waals surface area contributed by atoms with Crippen molar-refractivity contribution >= 4 is 22.7 Å². The second-order valence-corrected chi connectivity index (χ2v) is 10.1. The van der Waals surface area contributed by atoms with Gasteiger partial charge >= 0.3 is 0 Å². The van der Waals surface area contributed by atoms with Gasteiger partial charge in [0.15, 0.2) is 0 Å². The number of imidazole rings is 1. The van der Waals surface area contributed by atoms with Gasteiger partial charge in [0.25, 0.3) is 0 Å². The van der Waals surface area contributed by atoms with Gasteiger partial charge in [-0.15, -0.1) is 10.2 Å². The van der Waals surface area contributed by atoms with Crippen molar-refractivity contribution < 1.29 is 4.79 Å². The first-order chi connectivity index (χ1) is 18.6. The molecule has 0 saturated heterocycles. The van der Waals surface area contributed by atoms with Crippen LogP contribution in [0.15, 0.2) is 71.8 Å². The molecule has 7 rings (SSSR count). The molecule has 0 bridgehead atoms.